The van der Waals surface area contributed by atoms with E-state index in [9.17, 15) is 4.39 Å². The van der Waals surface area contributed by atoms with Crippen molar-refractivity contribution >= 4 is 6.21 Å². The fourth-order valence-corrected chi connectivity index (χ4v) is 1.47. The lowest BCUT2D eigenvalue weighted by atomic mass is 10.2. The number of halogens is 1. The quantitative estimate of drug-likeness (QED) is 0.593. The Hall–Kier alpha value is -2.16. The van der Waals surface area contributed by atoms with E-state index in [1.807, 2.05) is 31.2 Å². The van der Waals surface area contributed by atoms with Crippen LogP contribution in [0.1, 0.15) is 16.7 Å². The second-order valence-corrected chi connectivity index (χ2v) is 4.01. The average molecular weight is 243 g/mol. The molecule has 0 aliphatic rings. The number of oxime groups is 1. The summed E-state index contributed by atoms with van der Waals surface area (Å²) in [4.78, 5) is 5.06. The highest BCUT2D eigenvalue weighted by Gasteiger charge is 1.99. The molecular weight excluding hydrogens is 229 g/mol. The average Bonchev–Trinajstić information content (AvgIpc) is 2.39. The van der Waals surface area contributed by atoms with Crippen molar-refractivity contribution in [2.75, 3.05) is 0 Å². The minimum Gasteiger partial charge on any atom is -0.391 e. The highest BCUT2D eigenvalue weighted by molar-refractivity contribution is 5.79. The van der Waals surface area contributed by atoms with Crippen LogP contribution in [0.2, 0.25) is 0 Å². The molecule has 0 aromatic heterocycles. The molecule has 0 spiro atoms. The summed E-state index contributed by atoms with van der Waals surface area (Å²) >= 11 is 0. The fraction of sp³-hybridized carbons (Fsp3) is 0.133. The normalized spacial score (nSPS) is 10.8. The summed E-state index contributed by atoms with van der Waals surface area (Å²) < 4.78 is 13.3. The lowest BCUT2D eigenvalue weighted by Gasteiger charge is -2.00. The zero-order valence-electron chi connectivity index (χ0n) is 10.1. The maximum Gasteiger partial charge on any atom is 0.145 e. The lowest BCUT2D eigenvalue weighted by molar-refractivity contribution is 0.129. The van der Waals surface area contributed by atoms with Gasteiger partial charge in [-0.2, -0.15) is 0 Å². The summed E-state index contributed by atoms with van der Waals surface area (Å²) in [5.74, 6) is -0.275. The molecule has 18 heavy (non-hydrogen) atoms. The lowest BCUT2D eigenvalue weighted by Crippen LogP contribution is -1.92. The maximum atomic E-state index is 13.3. The van der Waals surface area contributed by atoms with Gasteiger partial charge in [0.05, 0.1) is 6.21 Å². The largest absolute Gasteiger partial charge is 0.391 e. The molecule has 0 bridgehead atoms. The summed E-state index contributed by atoms with van der Waals surface area (Å²) in [6.07, 6.45) is 1.61. The molecule has 0 atom stereocenters. The number of hydrogen-bond acceptors (Lipinski definition) is 2. The molecule has 0 heterocycles. The Labute approximate surface area is 106 Å². The smallest absolute Gasteiger partial charge is 0.145 e. The monoisotopic (exact) mass is 243 g/mol. The van der Waals surface area contributed by atoms with Crippen LogP contribution in [-0.2, 0) is 11.4 Å². The van der Waals surface area contributed by atoms with E-state index in [1.54, 1.807) is 24.4 Å². The molecule has 0 saturated carbocycles. The number of benzene rings is 2. The molecule has 2 rings (SSSR count). The van der Waals surface area contributed by atoms with E-state index in [0.29, 0.717) is 5.56 Å². The molecule has 92 valence electrons. The van der Waals surface area contributed by atoms with E-state index in [1.165, 1.54) is 11.6 Å². The molecule has 0 fully saturated rings. The van der Waals surface area contributed by atoms with Crippen LogP contribution in [-0.4, -0.2) is 6.21 Å². The number of aryl methyl sites for hydroxylation is 1. The Morgan fingerprint density at radius 1 is 1.11 bits per heavy atom. The van der Waals surface area contributed by atoms with E-state index >= 15 is 0 Å². The van der Waals surface area contributed by atoms with Gasteiger partial charge in [0.2, 0.25) is 0 Å². The van der Waals surface area contributed by atoms with Crippen LogP contribution < -0.4 is 0 Å². The maximum absolute atomic E-state index is 13.3. The van der Waals surface area contributed by atoms with Crippen LogP contribution in [0, 0.1) is 12.7 Å². The van der Waals surface area contributed by atoms with E-state index < -0.39 is 0 Å². The highest BCUT2D eigenvalue weighted by atomic mass is 19.1. The topological polar surface area (TPSA) is 21.6 Å². The van der Waals surface area contributed by atoms with Crippen LogP contribution in [0.3, 0.4) is 0 Å². The predicted octanol–water partition coefficient (Wildman–Crippen LogP) is 3.68. The third kappa shape index (κ3) is 3.42. The Balaban J connectivity index is 1.89. The zero-order chi connectivity index (χ0) is 12.8. The summed E-state index contributed by atoms with van der Waals surface area (Å²) in [6, 6.07) is 14.4. The molecule has 0 aliphatic carbocycles. The summed E-state index contributed by atoms with van der Waals surface area (Å²) in [5, 5.41) is 3.82. The molecule has 0 saturated heterocycles. The first kappa shape index (κ1) is 12.3. The Morgan fingerprint density at radius 2 is 1.83 bits per heavy atom. The van der Waals surface area contributed by atoms with Gasteiger partial charge in [-0.3, -0.25) is 0 Å². The number of hydrogen-bond donors (Lipinski definition) is 0. The third-order valence-corrected chi connectivity index (χ3v) is 2.53. The van der Waals surface area contributed by atoms with Crippen molar-refractivity contribution < 1.29 is 9.23 Å². The second-order valence-electron chi connectivity index (χ2n) is 4.01. The van der Waals surface area contributed by atoms with Crippen LogP contribution >= 0.6 is 0 Å². The van der Waals surface area contributed by atoms with E-state index in [0.717, 1.165) is 5.56 Å². The van der Waals surface area contributed by atoms with Gasteiger partial charge in [-0.15, -0.1) is 0 Å². The van der Waals surface area contributed by atoms with Crippen molar-refractivity contribution in [2.45, 2.75) is 13.5 Å². The molecular formula is C15H14FNO. The van der Waals surface area contributed by atoms with Gasteiger partial charge in [0.1, 0.15) is 12.4 Å². The third-order valence-electron chi connectivity index (χ3n) is 2.53. The molecule has 2 nitrogen and oxygen atoms in total. The van der Waals surface area contributed by atoms with Gasteiger partial charge in [0, 0.05) is 5.56 Å². The van der Waals surface area contributed by atoms with Gasteiger partial charge in [-0.1, -0.05) is 53.2 Å². The molecule has 3 heteroatoms. The summed E-state index contributed by atoms with van der Waals surface area (Å²) in [7, 11) is 0. The first-order chi connectivity index (χ1) is 8.75. The van der Waals surface area contributed by atoms with Crippen molar-refractivity contribution in [1.82, 2.24) is 0 Å². The van der Waals surface area contributed by atoms with Crippen LogP contribution in [0.25, 0.3) is 0 Å². The van der Waals surface area contributed by atoms with Crippen molar-refractivity contribution in [2.24, 2.45) is 5.16 Å². The van der Waals surface area contributed by atoms with Gasteiger partial charge in [0.15, 0.2) is 0 Å². The van der Waals surface area contributed by atoms with Gasteiger partial charge < -0.3 is 4.84 Å². The first-order valence-corrected chi connectivity index (χ1v) is 5.71. The molecule has 0 aliphatic heterocycles. The van der Waals surface area contributed by atoms with E-state index in [2.05, 4.69) is 5.16 Å². The summed E-state index contributed by atoms with van der Waals surface area (Å²) in [5.41, 5.74) is 2.65. The zero-order valence-corrected chi connectivity index (χ0v) is 10.1. The molecule has 2 aromatic carbocycles. The summed E-state index contributed by atoms with van der Waals surface area (Å²) in [6.45, 7) is 2.16. The van der Waals surface area contributed by atoms with Gasteiger partial charge in [-0.05, 0) is 18.6 Å². The SMILES string of the molecule is Cc1ccc(C=NOCc2ccccc2F)cc1. The predicted molar refractivity (Wildman–Crippen MR) is 70.0 cm³/mol. The minimum atomic E-state index is -0.275. The van der Waals surface area contributed by atoms with E-state index in [4.69, 9.17) is 4.84 Å². The molecule has 0 amide bonds. The number of nitrogens with zero attached hydrogens (tertiary/aromatic N) is 1. The van der Waals surface area contributed by atoms with Gasteiger partial charge >= 0.3 is 0 Å². The van der Waals surface area contributed by atoms with E-state index in [-0.39, 0.29) is 12.4 Å². The standard InChI is InChI=1S/C15H14FNO/c1-12-6-8-13(9-7-12)10-17-18-11-14-4-2-3-5-15(14)16/h2-10H,11H2,1H3. The Bertz CT molecular complexity index is 534. The first-order valence-electron chi connectivity index (χ1n) is 5.71. The van der Waals surface area contributed by atoms with Crippen molar-refractivity contribution in [3.8, 4) is 0 Å². The molecule has 0 N–H and O–H groups in total. The molecule has 0 unspecified atom stereocenters. The van der Waals surface area contributed by atoms with Crippen LogP contribution in [0.4, 0.5) is 4.39 Å². The Morgan fingerprint density at radius 3 is 2.56 bits per heavy atom. The number of rotatable bonds is 4. The van der Waals surface area contributed by atoms with Crippen molar-refractivity contribution in [3.63, 3.8) is 0 Å². The minimum absolute atomic E-state index is 0.134. The fourth-order valence-electron chi connectivity index (χ4n) is 1.47. The van der Waals surface area contributed by atoms with Crippen molar-refractivity contribution in [3.05, 3.63) is 71.0 Å². The van der Waals surface area contributed by atoms with Crippen LogP contribution in [0.5, 0.6) is 0 Å². The molecule has 2 aromatic rings. The molecule has 0 radical (unpaired) electrons. The highest BCUT2D eigenvalue weighted by Crippen LogP contribution is 2.07. The second kappa shape index (κ2) is 5.96. The van der Waals surface area contributed by atoms with Gasteiger partial charge in [-0.25, -0.2) is 4.39 Å². The van der Waals surface area contributed by atoms with Gasteiger partial charge in [0.25, 0.3) is 0 Å². The van der Waals surface area contributed by atoms with Crippen LogP contribution in [0.15, 0.2) is 53.7 Å². The Kier molecular flexibility index (Phi) is 4.07. The van der Waals surface area contributed by atoms with Crippen molar-refractivity contribution in [1.29, 1.82) is 0 Å².